The number of nitrogens with one attached hydrogen (secondary N) is 2. The molecule has 14 heteroatoms. The van der Waals surface area contributed by atoms with Crippen molar-refractivity contribution in [3.05, 3.63) is 63.7 Å². The van der Waals surface area contributed by atoms with Crippen LogP contribution in [0.4, 0.5) is 0 Å². The van der Waals surface area contributed by atoms with E-state index in [9.17, 15) is 18.9 Å². The molecule has 0 spiro atoms. The molecule has 1 fully saturated rings. The summed E-state index contributed by atoms with van der Waals surface area (Å²) in [6.07, 6.45) is 3.25. The molecule has 2 aromatic heterocycles. The van der Waals surface area contributed by atoms with Crippen LogP contribution in [0.5, 0.6) is 5.75 Å². The monoisotopic (exact) mass is 547 g/mol. The van der Waals surface area contributed by atoms with Crippen molar-refractivity contribution in [2.45, 2.75) is 58.6 Å². The molecule has 204 valence electrons. The van der Waals surface area contributed by atoms with E-state index in [1.54, 1.807) is 32.0 Å². The highest BCUT2D eigenvalue weighted by atomic mass is 31.2. The van der Waals surface area contributed by atoms with Gasteiger partial charge in [-0.2, -0.15) is 5.09 Å². The molecule has 0 radical (unpaired) electrons. The number of carbonyl (C=O) groups is 1. The summed E-state index contributed by atoms with van der Waals surface area (Å²) in [6, 6.07) is 5.17. The quantitative estimate of drug-likeness (QED) is 0.283. The largest absolute Gasteiger partial charge is 0.462 e. The maximum absolute atomic E-state index is 13.9. The zero-order valence-corrected chi connectivity index (χ0v) is 22.3. The Labute approximate surface area is 218 Å². The van der Waals surface area contributed by atoms with Crippen molar-refractivity contribution in [3.8, 4) is 5.75 Å². The van der Waals surface area contributed by atoms with Crippen molar-refractivity contribution in [3.63, 3.8) is 0 Å². The van der Waals surface area contributed by atoms with Gasteiger partial charge in [-0.15, -0.1) is 0 Å². The molecule has 1 aromatic carbocycles. The number of fused-ring (bicyclic) bond motifs is 1. The molecular weight excluding hydrogens is 517 g/mol. The Balaban J connectivity index is 1.53. The van der Waals surface area contributed by atoms with Crippen molar-refractivity contribution in [2.75, 3.05) is 6.61 Å². The van der Waals surface area contributed by atoms with Crippen molar-refractivity contribution >= 4 is 24.7 Å². The van der Waals surface area contributed by atoms with Gasteiger partial charge < -0.3 is 14.0 Å². The molecule has 1 aliphatic heterocycles. The van der Waals surface area contributed by atoms with Crippen LogP contribution < -0.4 is 20.9 Å². The minimum Gasteiger partial charge on any atom is -0.462 e. The Morgan fingerprint density at radius 1 is 1.24 bits per heavy atom. The molecule has 0 amide bonds. The normalized spacial score (nSPS) is 21.8. The first-order valence-corrected chi connectivity index (χ1v) is 13.7. The average molecular weight is 548 g/mol. The molecule has 1 unspecified atom stereocenters. The Morgan fingerprint density at radius 2 is 2.00 bits per heavy atom. The molecule has 1 saturated heterocycles. The molecule has 4 rings (SSSR count). The van der Waals surface area contributed by atoms with E-state index in [0.29, 0.717) is 17.5 Å². The minimum absolute atomic E-state index is 0.117. The van der Waals surface area contributed by atoms with E-state index in [4.69, 9.17) is 18.5 Å². The number of aromatic amines is 1. The molecule has 2 N–H and O–H groups in total. The lowest BCUT2D eigenvalue weighted by atomic mass is 10.1. The highest BCUT2D eigenvalue weighted by Gasteiger charge is 2.38. The van der Waals surface area contributed by atoms with E-state index in [2.05, 4.69) is 20.0 Å². The number of nitrogens with zero attached hydrogens (tertiary/aromatic N) is 3. The minimum atomic E-state index is -4.19. The fourth-order valence-corrected chi connectivity index (χ4v) is 5.59. The Kier molecular flexibility index (Phi) is 8.41. The number of aromatic nitrogens is 4. The fourth-order valence-electron chi connectivity index (χ4n) is 4.06. The summed E-state index contributed by atoms with van der Waals surface area (Å²) >= 11 is 0. The molecule has 5 atom stereocenters. The lowest BCUT2D eigenvalue weighted by molar-refractivity contribution is -0.149. The van der Waals surface area contributed by atoms with Crippen LogP contribution in [0.15, 0.2) is 52.4 Å². The van der Waals surface area contributed by atoms with Crippen LogP contribution in [0.25, 0.3) is 11.0 Å². The van der Waals surface area contributed by atoms with Gasteiger partial charge in [0.1, 0.15) is 17.8 Å². The Hall–Kier alpha value is -3.38. The van der Waals surface area contributed by atoms with Gasteiger partial charge in [-0.3, -0.25) is 28.6 Å². The average Bonchev–Trinajstić information content (AvgIpc) is 3.23. The van der Waals surface area contributed by atoms with Gasteiger partial charge in [-0.1, -0.05) is 13.0 Å². The van der Waals surface area contributed by atoms with E-state index >= 15 is 0 Å². The van der Waals surface area contributed by atoms with Crippen LogP contribution in [0, 0.1) is 5.92 Å². The van der Waals surface area contributed by atoms with E-state index in [1.807, 2.05) is 6.92 Å². The number of H-pyrrole nitrogens is 1. The second-order valence-corrected chi connectivity index (χ2v) is 11.0. The first-order chi connectivity index (χ1) is 18.0. The van der Waals surface area contributed by atoms with Gasteiger partial charge in [0.2, 0.25) is 0 Å². The van der Waals surface area contributed by atoms with Crippen LogP contribution in [-0.4, -0.2) is 50.3 Å². The Bertz CT molecular complexity index is 1450. The molecule has 38 heavy (non-hydrogen) atoms. The predicted molar refractivity (Wildman–Crippen MR) is 137 cm³/mol. The van der Waals surface area contributed by atoms with E-state index < -0.39 is 43.3 Å². The summed E-state index contributed by atoms with van der Waals surface area (Å²) in [5.41, 5.74) is -0.224. The SMILES string of the molecule is CC(C)OC(=O)[C@H](C)NP(=O)(OC[C@@H]1C[C@H](C)[C@H](n2ccc(=O)[nH]c2=O)O1)Oc1cccc2nccnc12. The number of rotatable bonds is 10. The lowest BCUT2D eigenvalue weighted by Crippen LogP contribution is -2.36. The maximum Gasteiger partial charge on any atom is 0.459 e. The molecule has 0 saturated carbocycles. The molecule has 13 nitrogen and oxygen atoms in total. The Morgan fingerprint density at radius 3 is 2.74 bits per heavy atom. The maximum atomic E-state index is 13.9. The van der Waals surface area contributed by atoms with Crippen LogP contribution in [-0.2, 0) is 23.4 Å². The van der Waals surface area contributed by atoms with Crippen LogP contribution in [0.3, 0.4) is 0 Å². The summed E-state index contributed by atoms with van der Waals surface area (Å²) in [4.78, 5) is 46.8. The van der Waals surface area contributed by atoms with Crippen molar-refractivity contribution in [2.24, 2.45) is 5.92 Å². The first-order valence-electron chi connectivity index (χ1n) is 12.1. The van der Waals surface area contributed by atoms with Crippen molar-refractivity contribution in [1.29, 1.82) is 0 Å². The number of esters is 1. The molecule has 3 aromatic rings. The molecule has 3 heterocycles. The summed E-state index contributed by atoms with van der Waals surface area (Å²) in [5, 5.41) is 2.64. The van der Waals surface area contributed by atoms with Gasteiger partial charge in [-0.25, -0.2) is 14.3 Å². The van der Waals surface area contributed by atoms with Crippen LogP contribution >= 0.6 is 7.75 Å². The molecule has 1 aliphatic rings. The zero-order valence-electron chi connectivity index (χ0n) is 21.4. The summed E-state index contributed by atoms with van der Waals surface area (Å²) in [5.74, 6) is -0.601. The smallest absolute Gasteiger partial charge is 0.459 e. The number of benzene rings is 1. The van der Waals surface area contributed by atoms with Crippen LogP contribution in [0.1, 0.15) is 40.3 Å². The third-order valence-electron chi connectivity index (χ3n) is 5.75. The second-order valence-electron chi connectivity index (χ2n) is 9.28. The van der Waals surface area contributed by atoms with E-state index in [1.165, 1.54) is 36.1 Å². The second kappa shape index (κ2) is 11.6. The molecule has 0 bridgehead atoms. The molecule has 0 aliphatic carbocycles. The third kappa shape index (κ3) is 6.54. The van der Waals surface area contributed by atoms with Gasteiger partial charge in [-0.05, 0) is 39.3 Å². The highest BCUT2D eigenvalue weighted by molar-refractivity contribution is 7.52. The third-order valence-corrected chi connectivity index (χ3v) is 7.38. The number of carbonyl (C=O) groups excluding carboxylic acids is 1. The van der Waals surface area contributed by atoms with E-state index in [0.717, 1.165) is 0 Å². The summed E-state index contributed by atoms with van der Waals surface area (Å²) in [6.45, 7) is 6.60. The van der Waals surface area contributed by atoms with Gasteiger partial charge in [0.05, 0.1) is 24.3 Å². The van der Waals surface area contributed by atoms with Crippen LogP contribution in [0.2, 0.25) is 0 Å². The van der Waals surface area contributed by atoms with Gasteiger partial charge in [0.25, 0.3) is 5.56 Å². The van der Waals surface area contributed by atoms with Crippen molar-refractivity contribution in [1.82, 2.24) is 24.6 Å². The summed E-state index contributed by atoms with van der Waals surface area (Å²) in [7, 11) is -4.19. The first kappa shape index (κ1) is 27.6. The summed E-state index contributed by atoms with van der Waals surface area (Å²) < 4.78 is 38.1. The van der Waals surface area contributed by atoms with Gasteiger partial charge in [0.15, 0.2) is 5.75 Å². The number of hydrogen-bond donors (Lipinski definition) is 2. The van der Waals surface area contributed by atoms with Gasteiger partial charge >= 0.3 is 19.4 Å². The molecular formula is C24H30N5O8P. The zero-order chi connectivity index (χ0) is 27.4. The van der Waals surface area contributed by atoms with E-state index in [-0.39, 0.29) is 24.4 Å². The van der Waals surface area contributed by atoms with Crippen molar-refractivity contribution < 1.29 is 27.9 Å². The number of hydrogen-bond acceptors (Lipinski definition) is 10. The lowest BCUT2D eigenvalue weighted by Gasteiger charge is -2.24. The van der Waals surface area contributed by atoms with Gasteiger partial charge in [0, 0.05) is 30.6 Å². The topological polar surface area (TPSA) is 164 Å². The highest BCUT2D eigenvalue weighted by Crippen LogP contribution is 2.47. The standard InChI is InChI=1S/C24H30N5O8P/c1-14(2)35-23(31)16(4)28-38(33,37-19-7-5-6-18-21(19)26-10-9-25-18)34-13-17-12-15(3)22(36-17)29-11-8-20(30)27-24(29)32/h5-11,14-17,22H,12-13H2,1-4H3,(H,28,33)(H,27,30,32)/t15-,16-,17-,22+,38?/m0/s1. The predicted octanol–water partition coefficient (Wildman–Crippen LogP) is 2.54. The number of para-hydroxylation sites is 1. The fraction of sp³-hybridized carbons (Fsp3) is 0.458. The number of ether oxygens (including phenoxy) is 2.